The summed E-state index contributed by atoms with van der Waals surface area (Å²) in [5.41, 5.74) is 0. The van der Waals surface area contributed by atoms with Crippen molar-refractivity contribution in [2.24, 2.45) is 5.92 Å². The molecule has 0 spiro atoms. The Bertz CT molecular complexity index is 177. The number of rotatable bonds is 5. The topological polar surface area (TPSA) is 37.4 Å². The fourth-order valence-electron chi connectivity index (χ4n) is 1.04. The fourth-order valence-corrected chi connectivity index (χ4v) is 1.04. The van der Waals surface area contributed by atoms with E-state index in [1.165, 1.54) is 0 Å². The molecule has 0 saturated heterocycles. The maximum atomic E-state index is 10.9. The van der Waals surface area contributed by atoms with Crippen LogP contribution in [0.25, 0.3) is 0 Å². The molecule has 0 heterocycles. The molecule has 3 heteroatoms. The van der Waals surface area contributed by atoms with Crippen LogP contribution in [0.15, 0.2) is 0 Å². The second-order valence-electron chi connectivity index (χ2n) is 3.41. The zero-order chi connectivity index (χ0) is 9.72. The molecule has 70 valence electrons. The first-order chi connectivity index (χ1) is 5.43. The van der Waals surface area contributed by atoms with Crippen molar-refractivity contribution in [3.05, 3.63) is 0 Å². The van der Waals surface area contributed by atoms with Gasteiger partial charge in [0.05, 0.1) is 6.54 Å². The summed E-state index contributed by atoms with van der Waals surface area (Å²) in [6.45, 7) is 6.09. The van der Waals surface area contributed by atoms with Gasteiger partial charge in [-0.25, -0.2) is 0 Å². The number of carbonyl (C=O) groups excluding carboxylic acids is 2. The van der Waals surface area contributed by atoms with Gasteiger partial charge in [-0.3, -0.25) is 14.5 Å². The molecule has 0 radical (unpaired) electrons. The molecule has 3 nitrogen and oxygen atoms in total. The minimum atomic E-state index is 0.0225. The Kier molecular flexibility index (Phi) is 4.74. The first-order valence-electron chi connectivity index (χ1n) is 4.12. The summed E-state index contributed by atoms with van der Waals surface area (Å²) in [7, 11) is 1.85. The van der Waals surface area contributed by atoms with Crippen molar-refractivity contribution in [2.45, 2.75) is 20.8 Å². The number of nitrogens with zero attached hydrogens (tertiary/aromatic N) is 1. The quantitative estimate of drug-likeness (QED) is 0.612. The van der Waals surface area contributed by atoms with Gasteiger partial charge in [-0.05, 0) is 20.9 Å². The molecule has 0 saturated carbocycles. The molecule has 0 unspecified atom stereocenters. The van der Waals surface area contributed by atoms with Crippen molar-refractivity contribution < 1.29 is 9.59 Å². The van der Waals surface area contributed by atoms with Crippen molar-refractivity contribution in [1.82, 2.24) is 4.90 Å². The third-order valence-electron chi connectivity index (χ3n) is 1.77. The maximum Gasteiger partial charge on any atom is 0.143 e. The maximum absolute atomic E-state index is 10.9. The summed E-state index contributed by atoms with van der Waals surface area (Å²) in [5, 5.41) is 0. The third-order valence-corrected chi connectivity index (χ3v) is 1.77. The van der Waals surface area contributed by atoms with Gasteiger partial charge >= 0.3 is 0 Å². The molecule has 0 aromatic carbocycles. The Labute approximate surface area is 73.7 Å². The highest BCUT2D eigenvalue weighted by atomic mass is 16.1. The fraction of sp³-hybridized carbons (Fsp3) is 0.778. The van der Waals surface area contributed by atoms with E-state index in [2.05, 4.69) is 0 Å². The molecule has 0 aromatic rings. The van der Waals surface area contributed by atoms with Crippen LogP contribution in [0.1, 0.15) is 20.8 Å². The Morgan fingerprint density at radius 3 is 2.17 bits per heavy atom. The average molecular weight is 171 g/mol. The lowest BCUT2D eigenvalue weighted by Crippen LogP contribution is -2.31. The average Bonchev–Trinajstić information content (AvgIpc) is 1.84. The van der Waals surface area contributed by atoms with Gasteiger partial charge in [0.1, 0.15) is 11.6 Å². The molecular formula is C9H17NO2. The first kappa shape index (κ1) is 11.3. The SMILES string of the molecule is CC(=O)CN(C)C[C@@H](C)C(C)=O. The van der Waals surface area contributed by atoms with E-state index in [9.17, 15) is 9.59 Å². The van der Waals surface area contributed by atoms with Crippen LogP contribution in [-0.4, -0.2) is 36.6 Å². The predicted molar refractivity (Wildman–Crippen MR) is 48.0 cm³/mol. The van der Waals surface area contributed by atoms with Crippen molar-refractivity contribution in [1.29, 1.82) is 0 Å². The smallest absolute Gasteiger partial charge is 0.143 e. The second kappa shape index (κ2) is 5.04. The van der Waals surface area contributed by atoms with E-state index >= 15 is 0 Å². The highest BCUT2D eigenvalue weighted by Crippen LogP contribution is 1.98. The number of ketones is 2. The zero-order valence-electron chi connectivity index (χ0n) is 8.26. The highest BCUT2D eigenvalue weighted by Gasteiger charge is 2.11. The van der Waals surface area contributed by atoms with Gasteiger partial charge in [0, 0.05) is 12.5 Å². The summed E-state index contributed by atoms with van der Waals surface area (Å²) in [6, 6.07) is 0. The summed E-state index contributed by atoms with van der Waals surface area (Å²) >= 11 is 0. The molecule has 1 atom stereocenters. The monoisotopic (exact) mass is 171 g/mol. The van der Waals surface area contributed by atoms with Crippen LogP contribution in [0.2, 0.25) is 0 Å². The zero-order valence-corrected chi connectivity index (χ0v) is 8.26. The van der Waals surface area contributed by atoms with E-state index < -0.39 is 0 Å². The molecule has 0 rings (SSSR count). The van der Waals surface area contributed by atoms with E-state index in [4.69, 9.17) is 0 Å². The minimum Gasteiger partial charge on any atom is -0.300 e. The van der Waals surface area contributed by atoms with Crippen LogP contribution in [0.5, 0.6) is 0 Å². The molecule has 12 heavy (non-hydrogen) atoms. The molecule has 0 amide bonds. The normalized spacial score (nSPS) is 13.1. The highest BCUT2D eigenvalue weighted by molar-refractivity contribution is 5.79. The van der Waals surface area contributed by atoms with Gasteiger partial charge in [-0.1, -0.05) is 6.92 Å². The van der Waals surface area contributed by atoms with Crippen molar-refractivity contribution >= 4 is 11.6 Å². The van der Waals surface area contributed by atoms with Gasteiger partial charge in [-0.2, -0.15) is 0 Å². The van der Waals surface area contributed by atoms with Gasteiger partial charge in [0.2, 0.25) is 0 Å². The molecule has 0 aromatic heterocycles. The Morgan fingerprint density at radius 2 is 1.83 bits per heavy atom. The predicted octanol–water partition coefficient (Wildman–Crippen LogP) is 0.732. The van der Waals surface area contributed by atoms with E-state index in [1.54, 1.807) is 13.8 Å². The number of likely N-dealkylation sites (N-methyl/N-ethyl adjacent to an activating group) is 1. The summed E-state index contributed by atoms with van der Waals surface area (Å²) in [6.07, 6.45) is 0. The van der Waals surface area contributed by atoms with Gasteiger partial charge in [0.15, 0.2) is 0 Å². The summed E-state index contributed by atoms with van der Waals surface area (Å²) in [4.78, 5) is 23.4. The molecule has 0 aliphatic carbocycles. The van der Waals surface area contributed by atoms with Crippen LogP contribution in [0, 0.1) is 5.92 Å². The molecular weight excluding hydrogens is 154 g/mol. The largest absolute Gasteiger partial charge is 0.300 e. The lowest BCUT2D eigenvalue weighted by atomic mass is 10.1. The van der Waals surface area contributed by atoms with Crippen molar-refractivity contribution in [2.75, 3.05) is 20.1 Å². The number of hydrogen-bond donors (Lipinski definition) is 0. The molecule has 0 bridgehead atoms. The van der Waals surface area contributed by atoms with Gasteiger partial charge < -0.3 is 0 Å². The van der Waals surface area contributed by atoms with Gasteiger partial charge in [-0.15, -0.1) is 0 Å². The minimum absolute atomic E-state index is 0.0225. The Morgan fingerprint density at radius 1 is 1.33 bits per heavy atom. The summed E-state index contributed by atoms with van der Waals surface area (Å²) < 4.78 is 0. The molecule has 0 fully saturated rings. The number of carbonyl (C=O) groups is 2. The Balaban J connectivity index is 3.76. The van der Waals surface area contributed by atoms with Crippen LogP contribution in [-0.2, 0) is 9.59 Å². The lowest BCUT2D eigenvalue weighted by Gasteiger charge is -2.17. The first-order valence-corrected chi connectivity index (χ1v) is 4.12. The van der Waals surface area contributed by atoms with Crippen molar-refractivity contribution in [3.63, 3.8) is 0 Å². The van der Waals surface area contributed by atoms with Crippen LogP contribution in [0.3, 0.4) is 0 Å². The lowest BCUT2D eigenvalue weighted by molar-refractivity contribution is -0.122. The summed E-state index contributed by atoms with van der Waals surface area (Å²) in [5.74, 6) is 0.327. The van der Waals surface area contributed by atoms with Gasteiger partial charge in [0.25, 0.3) is 0 Å². The van der Waals surface area contributed by atoms with E-state index in [1.807, 2.05) is 18.9 Å². The number of Topliss-reactive ketones (excluding diaryl/α,β-unsaturated/α-hetero) is 2. The van der Waals surface area contributed by atoms with Crippen molar-refractivity contribution in [3.8, 4) is 0 Å². The van der Waals surface area contributed by atoms with E-state index in [0.717, 1.165) is 0 Å². The number of hydrogen-bond acceptors (Lipinski definition) is 3. The second-order valence-corrected chi connectivity index (χ2v) is 3.41. The Hall–Kier alpha value is -0.700. The third kappa shape index (κ3) is 5.02. The van der Waals surface area contributed by atoms with E-state index in [-0.39, 0.29) is 17.5 Å². The molecule has 0 aliphatic rings. The van der Waals surface area contributed by atoms with Crippen LogP contribution < -0.4 is 0 Å². The molecule has 0 aliphatic heterocycles. The standard InChI is InChI=1S/C9H17NO2/c1-7(9(3)12)5-10(4)6-8(2)11/h7H,5-6H2,1-4H3/t7-/m1/s1. The van der Waals surface area contributed by atoms with Crippen LogP contribution >= 0.6 is 0 Å². The van der Waals surface area contributed by atoms with E-state index in [0.29, 0.717) is 13.1 Å². The molecule has 0 N–H and O–H groups in total. The van der Waals surface area contributed by atoms with Crippen LogP contribution in [0.4, 0.5) is 0 Å².